The van der Waals surface area contributed by atoms with Crippen molar-refractivity contribution in [1.29, 1.82) is 0 Å². The van der Waals surface area contributed by atoms with Crippen LogP contribution in [0.25, 0.3) is 6.08 Å². The summed E-state index contributed by atoms with van der Waals surface area (Å²) in [4.78, 5) is 51.3. The zero-order valence-electron chi connectivity index (χ0n) is 21.2. The number of halogens is 3. The molecule has 206 valence electrons. The van der Waals surface area contributed by atoms with Gasteiger partial charge in [-0.1, -0.05) is 17.7 Å². The average molecular weight is 678 g/mol. The number of rotatable bonds is 8. The Bertz CT molecular complexity index is 1540. The first-order chi connectivity index (χ1) is 19.1. The molecule has 0 unspecified atom stereocenters. The van der Waals surface area contributed by atoms with E-state index in [9.17, 15) is 23.6 Å². The largest absolute Gasteiger partial charge is 0.490 e. The lowest BCUT2D eigenvalue weighted by atomic mass is 10.1. The molecule has 0 aliphatic carbocycles. The summed E-state index contributed by atoms with van der Waals surface area (Å²) in [6, 6.07) is 12.1. The van der Waals surface area contributed by atoms with E-state index in [1.54, 1.807) is 37.3 Å². The van der Waals surface area contributed by atoms with Crippen LogP contribution in [0.5, 0.6) is 11.5 Å². The van der Waals surface area contributed by atoms with Crippen molar-refractivity contribution in [3.63, 3.8) is 0 Å². The number of barbiturate groups is 1. The molecule has 9 nitrogen and oxygen atoms in total. The van der Waals surface area contributed by atoms with Crippen LogP contribution in [0.15, 0.2) is 60.2 Å². The molecular weight excluding hydrogens is 656 g/mol. The number of hydrogen-bond donors (Lipinski definition) is 2. The van der Waals surface area contributed by atoms with Crippen LogP contribution in [0.2, 0.25) is 5.02 Å². The first kappa shape index (κ1) is 29.0. The van der Waals surface area contributed by atoms with Gasteiger partial charge in [-0.15, -0.1) is 0 Å². The summed E-state index contributed by atoms with van der Waals surface area (Å²) in [7, 11) is 0. The minimum absolute atomic E-state index is 0.0989. The van der Waals surface area contributed by atoms with Crippen molar-refractivity contribution in [1.82, 2.24) is 5.32 Å². The zero-order valence-corrected chi connectivity index (χ0v) is 24.1. The Kier molecular flexibility index (Phi) is 9.05. The Hall–Kier alpha value is -3.97. The minimum Gasteiger partial charge on any atom is -0.490 e. The molecule has 0 atom stereocenters. The molecule has 12 heteroatoms. The number of urea groups is 1. The fraction of sp³-hybridized carbons (Fsp3) is 0.143. The number of aryl methyl sites for hydroxylation is 1. The molecule has 0 saturated carbocycles. The van der Waals surface area contributed by atoms with Gasteiger partial charge in [-0.3, -0.25) is 19.7 Å². The quantitative estimate of drug-likeness (QED) is 0.186. The van der Waals surface area contributed by atoms with Crippen LogP contribution < -0.4 is 25.0 Å². The van der Waals surface area contributed by atoms with Gasteiger partial charge in [0, 0.05) is 10.7 Å². The maximum atomic E-state index is 13.4. The van der Waals surface area contributed by atoms with Crippen LogP contribution in [0.4, 0.5) is 20.6 Å². The van der Waals surface area contributed by atoms with Crippen molar-refractivity contribution >= 4 is 75.4 Å². The fourth-order valence-corrected chi connectivity index (χ4v) is 4.69. The molecule has 2 N–H and O–H groups in total. The number of carbonyl (C=O) groups excluding carboxylic acids is 4. The smallest absolute Gasteiger partial charge is 0.335 e. The monoisotopic (exact) mass is 677 g/mol. The molecule has 1 heterocycles. The first-order valence-electron chi connectivity index (χ1n) is 11.9. The molecule has 1 saturated heterocycles. The van der Waals surface area contributed by atoms with E-state index >= 15 is 0 Å². The van der Waals surface area contributed by atoms with Crippen molar-refractivity contribution in [3.05, 3.63) is 85.7 Å². The van der Waals surface area contributed by atoms with Crippen LogP contribution in [0.3, 0.4) is 0 Å². The van der Waals surface area contributed by atoms with Crippen LogP contribution in [-0.2, 0) is 14.4 Å². The molecule has 1 aliphatic heterocycles. The molecule has 0 bridgehead atoms. The van der Waals surface area contributed by atoms with E-state index in [1.807, 2.05) is 29.5 Å². The van der Waals surface area contributed by atoms with E-state index < -0.39 is 29.6 Å². The van der Waals surface area contributed by atoms with Crippen molar-refractivity contribution in [2.24, 2.45) is 0 Å². The maximum absolute atomic E-state index is 13.4. The van der Waals surface area contributed by atoms with E-state index in [1.165, 1.54) is 18.2 Å². The van der Waals surface area contributed by atoms with E-state index in [0.717, 1.165) is 22.6 Å². The molecule has 3 aromatic rings. The van der Waals surface area contributed by atoms with Gasteiger partial charge < -0.3 is 14.8 Å². The number of nitrogens with one attached hydrogen (secondary N) is 2. The predicted octanol–water partition coefficient (Wildman–Crippen LogP) is 5.47. The molecule has 0 radical (unpaired) electrons. The average Bonchev–Trinajstić information content (AvgIpc) is 2.89. The van der Waals surface area contributed by atoms with Gasteiger partial charge in [0.2, 0.25) is 0 Å². The number of hydrogen-bond acceptors (Lipinski definition) is 6. The maximum Gasteiger partial charge on any atom is 0.335 e. The highest BCUT2D eigenvalue weighted by Crippen LogP contribution is 2.35. The predicted molar refractivity (Wildman–Crippen MR) is 156 cm³/mol. The van der Waals surface area contributed by atoms with Crippen LogP contribution >= 0.6 is 34.2 Å². The molecular formula is C28H22ClFIN3O6. The van der Waals surface area contributed by atoms with E-state index in [2.05, 4.69) is 10.6 Å². The van der Waals surface area contributed by atoms with Crippen LogP contribution in [0.1, 0.15) is 18.1 Å². The molecule has 40 heavy (non-hydrogen) atoms. The number of ether oxygens (including phenoxy) is 2. The number of benzene rings is 3. The topological polar surface area (TPSA) is 114 Å². The minimum atomic E-state index is -0.946. The second kappa shape index (κ2) is 12.5. The highest BCUT2D eigenvalue weighted by molar-refractivity contribution is 14.1. The normalized spacial score (nSPS) is 14.3. The molecule has 1 fully saturated rings. The molecule has 1 aliphatic rings. The number of imide groups is 2. The Morgan fingerprint density at radius 3 is 2.50 bits per heavy atom. The van der Waals surface area contributed by atoms with E-state index in [4.69, 9.17) is 21.1 Å². The summed E-state index contributed by atoms with van der Waals surface area (Å²) in [5.41, 5.74) is 1.60. The van der Waals surface area contributed by atoms with Crippen molar-refractivity contribution in [2.75, 3.05) is 23.4 Å². The standard InChI is InChI=1S/C28H22ClFIN3O6/c1-3-39-23-12-16(10-20-26(36)33-28(38)34(27(20)37)19-8-5-17(30)6-9-19)11-22(31)25(23)40-14-24(35)32-18-7-4-15(2)21(29)13-18/h4-13H,3,14H2,1-2H3,(H,32,35)(H,33,36,38)/b20-10+. The van der Waals surface area contributed by atoms with Gasteiger partial charge >= 0.3 is 6.03 Å². The SMILES string of the molecule is CCOc1cc(/C=C2\C(=O)NC(=O)N(c3ccc(F)cc3)C2=O)cc(I)c1OCC(=O)Nc1ccc(C)c(Cl)c1. The molecule has 0 spiro atoms. The van der Waals surface area contributed by atoms with Crippen LogP contribution in [-0.4, -0.2) is 37.0 Å². The summed E-state index contributed by atoms with van der Waals surface area (Å²) in [5, 5.41) is 5.36. The lowest BCUT2D eigenvalue weighted by Crippen LogP contribution is -2.54. The van der Waals surface area contributed by atoms with Crippen molar-refractivity contribution < 1.29 is 33.0 Å². The number of carbonyl (C=O) groups is 4. The van der Waals surface area contributed by atoms with Gasteiger partial charge in [0.15, 0.2) is 18.1 Å². The highest BCUT2D eigenvalue weighted by Gasteiger charge is 2.37. The molecule has 5 amide bonds. The highest BCUT2D eigenvalue weighted by atomic mass is 127. The molecule has 0 aromatic heterocycles. The number of amides is 5. The van der Waals surface area contributed by atoms with Gasteiger partial charge in [0.1, 0.15) is 11.4 Å². The van der Waals surface area contributed by atoms with E-state index in [-0.39, 0.29) is 30.2 Å². The summed E-state index contributed by atoms with van der Waals surface area (Å²) in [6.45, 7) is 3.57. The van der Waals surface area contributed by atoms with Crippen molar-refractivity contribution in [2.45, 2.75) is 13.8 Å². The number of anilines is 2. The summed E-state index contributed by atoms with van der Waals surface area (Å²) in [6.07, 6.45) is 1.31. The van der Waals surface area contributed by atoms with Gasteiger partial charge in [-0.05, 0) is 102 Å². The Morgan fingerprint density at radius 1 is 1.10 bits per heavy atom. The van der Waals surface area contributed by atoms with Gasteiger partial charge in [-0.2, -0.15) is 0 Å². The third-order valence-corrected chi connectivity index (χ3v) is 6.84. The second-order valence-electron chi connectivity index (χ2n) is 8.50. The second-order valence-corrected chi connectivity index (χ2v) is 10.1. The fourth-order valence-electron chi connectivity index (χ4n) is 3.73. The lowest BCUT2D eigenvalue weighted by Gasteiger charge is -2.26. The Morgan fingerprint density at radius 2 is 1.82 bits per heavy atom. The molecule has 3 aromatic carbocycles. The summed E-state index contributed by atoms with van der Waals surface area (Å²) >= 11 is 8.10. The Balaban J connectivity index is 1.57. The Labute approximate surface area is 247 Å². The van der Waals surface area contributed by atoms with Crippen LogP contribution in [0, 0.1) is 16.3 Å². The third kappa shape index (κ3) is 6.59. The zero-order chi connectivity index (χ0) is 29.0. The first-order valence-corrected chi connectivity index (χ1v) is 13.3. The van der Waals surface area contributed by atoms with Crippen molar-refractivity contribution in [3.8, 4) is 11.5 Å². The number of nitrogens with zero attached hydrogens (tertiary/aromatic N) is 1. The lowest BCUT2D eigenvalue weighted by molar-refractivity contribution is -0.122. The van der Waals surface area contributed by atoms with Gasteiger partial charge in [-0.25, -0.2) is 14.1 Å². The van der Waals surface area contributed by atoms with E-state index in [0.29, 0.717) is 25.6 Å². The molecule has 4 rings (SSSR count). The van der Waals surface area contributed by atoms with Gasteiger partial charge in [0.05, 0.1) is 15.9 Å². The summed E-state index contributed by atoms with van der Waals surface area (Å²) in [5.74, 6) is -2.14. The van der Waals surface area contributed by atoms with Gasteiger partial charge in [0.25, 0.3) is 17.7 Å². The summed E-state index contributed by atoms with van der Waals surface area (Å²) < 4.78 is 25.4. The third-order valence-electron chi connectivity index (χ3n) is 5.63.